The summed E-state index contributed by atoms with van der Waals surface area (Å²) >= 11 is 0. The second kappa shape index (κ2) is 10.7. The molecule has 0 heterocycles. The number of amides is 1. The zero-order valence-corrected chi connectivity index (χ0v) is 18.2. The van der Waals surface area contributed by atoms with Gasteiger partial charge in [0.2, 0.25) is 15.9 Å². The van der Waals surface area contributed by atoms with E-state index in [4.69, 9.17) is 4.74 Å². The molecule has 0 aromatic heterocycles. The lowest BCUT2D eigenvalue weighted by Crippen LogP contribution is -2.30. The fourth-order valence-electron chi connectivity index (χ4n) is 2.93. The van der Waals surface area contributed by atoms with Gasteiger partial charge >= 0.3 is 0 Å². The Morgan fingerprint density at radius 2 is 1.52 bits per heavy atom. The number of carbonyl (C=O) groups is 1. The van der Waals surface area contributed by atoms with Crippen molar-refractivity contribution >= 4 is 15.9 Å². The van der Waals surface area contributed by atoms with Crippen molar-refractivity contribution in [3.8, 4) is 5.75 Å². The molecule has 6 nitrogen and oxygen atoms in total. The minimum absolute atomic E-state index is 0.0286. The van der Waals surface area contributed by atoms with E-state index >= 15 is 0 Å². The first kappa shape index (κ1) is 22.5. The van der Waals surface area contributed by atoms with Crippen LogP contribution >= 0.6 is 0 Å². The second-order valence-electron chi connectivity index (χ2n) is 7.11. The largest absolute Gasteiger partial charge is 0.489 e. The van der Waals surface area contributed by atoms with Crippen LogP contribution in [-0.4, -0.2) is 20.9 Å². The summed E-state index contributed by atoms with van der Waals surface area (Å²) in [5.41, 5.74) is 2.91. The van der Waals surface area contributed by atoms with Crippen molar-refractivity contribution in [3.05, 3.63) is 95.6 Å². The number of benzene rings is 3. The Labute approximate surface area is 183 Å². The highest BCUT2D eigenvalue weighted by Crippen LogP contribution is 2.15. The van der Waals surface area contributed by atoms with Gasteiger partial charge in [0, 0.05) is 19.5 Å². The van der Waals surface area contributed by atoms with Gasteiger partial charge in [-0.1, -0.05) is 60.2 Å². The highest BCUT2D eigenvalue weighted by Gasteiger charge is 2.14. The number of para-hydroxylation sites is 1. The zero-order chi connectivity index (χ0) is 22.1. The predicted molar refractivity (Wildman–Crippen MR) is 120 cm³/mol. The van der Waals surface area contributed by atoms with Gasteiger partial charge in [-0.25, -0.2) is 13.1 Å². The molecule has 162 valence electrons. The van der Waals surface area contributed by atoms with E-state index in [9.17, 15) is 13.2 Å². The van der Waals surface area contributed by atoms with Crippen LogP contribution < -0.4 is 14.8 Å². The Kier molecular flexibility index (Phi) is 7.81. The number of hydrogen-bond acceptors (Lipinski definition) is 4. The Balaban J connectivity index is 1.47. The van der Waals surface area contributed by atoms with E-state index in [0.717, 1.165) is 22.4 Å². The quantitative estimate of drug-likeness (QED) is 0.507. The maximum absolute atomic E-state index is 12.3. The normalized spacial score (nSPS) is 11.1. The molecule has 3 aromatic carbocycles. The van der Waals surface area contributed by atoms with Gasteiger partial charge in [-0.15, -0.1) is 0 Å². The standard InChI is InChI=1S/C24H26N2O4S/c1-19-11-13-23(14-12-19)31(28,29)26-16-15-24(27)25-17-20-7-5-6-8-21(20)18-30-22-9-3-2-4-10-22/h2-14,26H,15-18H2,1H3,(H,25,27). The summed E-state index contributed by atoms with van der Waals surface area (Å²) in [6.07, 6.45) is 0.0494. The summed E-state index contributed by atoms with van der Waals surface area (Å²) < 4.78 is 32.8. The molecule has 3 rings (SSSR count). The van der Waals surface area contributed by atoms with Gasteiger partial charge in [-0.05, 0) is 42.3 Å². The lowest BCUT2D eigenvalue weighted by molar-refractivity contribution is -0.121. The van der Waals surface area contributed by atoms with Crippen molar-refractivity contribution in [2.24, 2.45) is 0 Å². The molecule has 0 saturated heterocycles. The van der Waals surface area contributed by atoms with E-state index in [1.165, 1.54) is 0 Å². The van der Waals surface area contributed by atoms with Gasteiger partial charge in [0.05, 0.1) is 4.90 Å². The third kappa shape index (κ3) is 6.94. The molecule has 0 unspecified atom stereocenters. The second-order valence-corrected chi connectivity index (χ2v) is 8.87. The molecule has 2 N–H and O–H groups in total. The van der Waals surface area contributed by atoms with E-state index in [0.29, 0.717) is 13.2 Å². The third-order valence-corrected chi connectivity index (χ3v) is 6.18. The summed E-state index contributed by atoms with van der Waals surface area (Å²) in [6.45, 7) is 2.66. The SMILES string of the molecule is Cc1ccc(S(=O)(=O)NCCC(=O)NCc2ccccc2COc2ccccc2)cc1. The first-order chi connectivity index (χ1) is 14.9. The molecule has 0 saturated carbocycles. The molecule has 0 radical (unpaired) electrons. The summed E-state index contributed by atoms with van der Waals surface area (Å²) in [6, 6.07) is 23.8. The highest BCUT2D eigenvalue weighted by molar-refractivity contribution is 7.89. The number of sulfonamides is 1. The van der Waals surface area contributed by atoms with Gasteiger partial charge in [0.25, 0.3) is 0 Å². The molecule has 0 aliphatic carbocycles. The van der Waals surface area contributed by atoms with Gasteiger partial charge in [-0.2, -0.15) is 0 Å². The molecule has 3 aromatic rings. The third-order valence-electron chi connectivity index (χ3n) is 4.71. The average molecular weight is 439 g/mol. The van der Waals surface area contributed by atoms with Crippen molar-refractivity contribution in [2.75, 3.05) is 6.54 Å². The first-order valence-electron chi connectivity index (χ1n) is 10.0. The predicted octanol–water partition coefficient (Wildman–Crippen LogP) is 3.56. The Morgan fingerprint density at radius 1 is 0.871 bits per heavy atom. The van der Waals surface area contributed by atoms with Crippen LogP contribution in [0.4, 0.5) is 0 Å². The fourth-order valence-corrected chi connectivity index (χ4v) is 3.96. The topological polar surface area (TPSA) is 84.5 Å². The van der Waals surface area contributed by atoms with Gasteiger partial charge in [0.15, 0.2) is 0 Å². The minimum atomic E-state index is -3.63. The van der Waals surface area contributed by atoms with Crippen LogP contribution in [0.5, 0.6) is 5.75 Å². The van der Waals surface area contributed by atoms with Gasteiger partial charge < -0.3 is 10.1 Å². The fraction of sp³-hybridized carbons (Fsp3) is 0.208. The van der Waals surface area contributed by atoms with Crippen molar-refractivity contribution in [1.29, 1.82) is 0 Å². The van der Waals surface area contributed by atoms with E-state index < -0.39 is 10.0 Å². The summed E-state index contributed by atoms with van der Waals surface area (Å²) in [5, 5.41) is 2.84. The number of ether oxygens (including phenoxy) is 1. The zero-order valence-electron chi connectivity index (χ0n) is 17.4. The molecule has 0 fully saturated rings. The van der Waals surface area contributed by atoms with Crippen molar-refractivity contribution < 1.29 is 17.9 Å². The Morgan fingerprint density at radius 3 is 2.23 bits per heavy atom. The molecular formula is C24H26N2O4S. The lowest BCUT2D eigenvalue weighted by Gasteiger charge is -2.12. The Bertz CT molecular complexity index is 1100. The maximum Gasteiger partial charge on any atom is 0.240 e. The molecule has 0 spiro atoms. The molecular weight excluding hydrogens is 412 g/mol. The average Bonchev–Trinajstić information content (AvgIpc) is 2.77. The molecule has 1 amide bonds. The molecule has 0 aliphatic heterocycles. The maximum atomic E-state index is 12.3. The minimum Gasteiger partial charge on any atom is -0.489 e. The van der Waals surface area contributed by atoms with Crippen molar-refractivity contribution in [3.63, 3.8) is 0 Å². The molecule has 0 aliphatic rings. The van der Waals surface area contributed by atoms with E-state index in [-0.39, 0.29) is 23.8 Å². The van der Waals surface area contributed by atoms with E-state index in [2.05, 4.69) is 10.0 Å². The van der Waals surface area contributed by atoms with Gasteiger partial charge in [0.1, 0.15) is 12.4 Å². The van der Waals surface area contributed by atoms with Crippen LogP contribution in [0, 0.1) is 6.92 Å². The number of nitrogens with one attached hydrogen (secondary N) is 2. The number of carbonyl (C=O) groups excluding carboxylic acids is 1. The summed E-state index contributed by atoms with van der Waals surface area (Å²) in [7, 11) is -3.63. The molecule has 31 heavy (non-hydrogen) atoms. The molecule has 7 heteroatoms. The van der Waals surface area contributed by atoms with Crippen LogP contribution in [0.15, 0.2) is 83.8 Å². The molecule has 0 bridgehead atoms. The summed E-state index contributed by atoms with van der Waals surface area (Å²) in [5.74, 6) is 0.549. The number of aryl methyl sites for hydroxylation is 1. The first-order valence-corrected chi connectivity index (χ1v) is 11.5. The highest BCUT2D eigenvalue weighted by atomic mass is 32.2. The molecule has 0 atom stereocenters. The van der Waals surface area contributed by atoms with Gasteiger partial charge in [-0.3, -0.25) is 4.79 Å². The summed E-state index contributed by atoms with van der Waals surface area (Å²) in [4.78, 5) is 12.4. The van der Waals surface area contributed by atoms with Crippen molar-refractivity contribution in [2.45, 2.75) is 31.4 Å². The van der Waals surface area contributed by atoms with E-state index in [1.54, 1.807) is 24.3 Å². The van der Waals surface area contributed by atoms with E-state index in [1.807, 2.05) is 61.5 Å². The number of hydrogen-bond donors (Lipinski definition) is 2. The number of rotatable bonds is 10. The monoisotopic (exact) mass is 438 g/mol. The van der Waals surface area contributed by atoms with Crippen LogP contribution in [0.1, 0.15) is 23.1 Å². The Hall–Kier alpha value is -3.16. The van der Waals surface area contributed by atoms with Crippen molar-refractivity contribution in [1.82, 2.24) is 10.0 Å². The van der Waals surface area contributed by atoms with Crippen LogP contribution in [0.25, 0.3) is 0 Å². The van der Waals surface area contributed by atoms with Crippen LogP contribution in [-0.2, 0) is 28.0 Å². The van der Waals surface area contributed by atoms with Crippen LogP contribution in [0.2, 0.25) is 0 Å². The lowest BCUT2D eigenvalue weighted by atomic mass is 10.1. The smallest absolute Gasteiger partial charge is 0.240 e. The van der Waals surface area contributed by atoms with Crippen LogP contribution in [0.3, 0.4) is 0 Å².